The van der Waals surface area contributed by atoms with E-state index in [2.05, 4.69) is 0 Å². The molecule has 0 aliphatic carbocycles. The van der Waals surface area contributed by atoms with E-state index in [1.165, 1.54) is 28.0 Å². The lowest BCUT2D eigenvalue weighted by molar-refractivity contribution is -0.124. The third-order valence-corrected chi connectivity index (χ3v) is 4.76. The van der Waals surface area contributed by atoms with Crippen molar-refractivity contribution in [3.63, 3.8) is 0 Å². The lowest BCUT2D eigenvalue weighted by Gasteiger charge is -2.39. The molecular formula is C18H15Cl2FN2O2. The van der Waals surface area contributed by atoms with Crippen LogP contribution in [0.4, 0.5) is 10.1 Å². The molecule has 0 aromatic heterocycles. The van der Waals surface area contributed by atoms with Crippen LogP contribution in [-0.4, -0.2) is 35.8 Å². The molecule has 1 atom stereocenters. The molecule has 0 bridgehead atoms. The van der Waals surface area contributed by atoms with E-state index < -0.39 is 11.9 Å². The molecule has 2 aromatic carbocycles. The minimum absolute atomic E-state index is 0.0439. The third-order valence-electron chi connectivity index (χ3n) is 4.22. The third kappa shape index (κ3) is 3.48. The van der Waals surface area contributed by atoms with Gasteiger partial charge in [-0.05, 0) is 49.4 Å². The Bertz CT molecular complexity index is 826. The number of amides is 2. The van der Waals surface area contributed by atoms with Gasteiger partial charge in [-0.25, -0.2) is 4.39 Å². The topological polar surface area (TPSA) is 40.6 Å². The monoisotopic (exact) mass is 380 g/mol. The number of piperazine rings is 1. The number of hydrogen-bond donors (Lipinski definition) is 0. The van der Waals surface area contributed by atoms with Gasteiger partial charge in [0.05, 0.1) is 5.02 Å². The smallest absolute Gasteiger partial charge is 0.254 e. The minimum atomic E-state index is -0.638. The Morgan fingerprint density at radius 3 is 2.44 bits per heavy atom. The van der Waals surface area contributed by atoms with Gasteiger partial charge in [0.25, 0.3) is 5.91 Å². The molecule has 1 heterocycles. The summed E-state index contributed by atoms with van der Waals surface area (Å²) < 4.78 is 13.3. The number of anilines is 1. The molecule has 4 nitrogen and oxygen atoms in total. The molecule has 2 aromatic rings. The molecule has 0 spiro atoms. The van der Waals surface area contributed by atoms with Crippen molar-refractivity contribution >= 4 is 40.7 Å². The van der Waals surface area contributed by atoms with Crippen LogP contribution >= 0.6 is 23.2 Å². The lowest BCUT2D eigenvalue weighted by Crippen LogP contribution is -2.57. The van der Waals surface area contributed by atoms with Crippen LogP contribution in [0.25, 0.3) is 0 Å². The maximum Gasteiger partial charge on any atom is 0.254 e. The second-order valence-electron chi connectivity index (χ2n) is 5.77. The van der Waals surface area contributed by atoms with Gasteiger partial charge in [0.1, 0.15) is 11.9 Å². The molecule has 1 fully saturated rings. The second kappa shape index (κ2) is 7.02. The largest absolute Gasteiger partial charge is 0.325 e. The van der Waals surface area contributed by atoms with E-state index in [-0.39, 0.29) is 16.8 Å². The molecule has 1 aliphatic rings. The second-order valence-corrected chi connectivity index (χ2v) is 6.61. The first kappa shape index (κ1) is 17.7. The summed E-state index contributed by atoms with van der Waals surface area (Å²) in [5, 5.41) is 0.497. The molecule has 130 valence electrons. The van der Waals surface area contributed by atoms with Crippen LogP contribution in [0.1, 0.15) is 17.3 Å². The molecule has 1 aliphatic heterocycles. The van der Waals surface area contributed by atoms with Crippen LogP contribution in [0.3, 0.4) is 0 Å². The fourth-order valence-corrected chi connectivity index (χ4v) is 3.12. The Labute approximate surface area is 154 Å². The van der Waals surface area contributed by atoms with E-state index in [1.807, 2.05) is 0 Å². The highest BCUT2D eigenvalue weighted by Gasteiger charge is 2.35. The van der Waals surface area contributed by atoms with Gasteiger partial charge < -0.3 is 9.80 Å². The van der Waals surface area contributed by atoms with Gasteiger partial charge in [0, 0.05) is 29.4 Å². The summed E-state index contributed by atoms with van der Waals surface area (Å²) >= 11 is 11.6. The van der Waals surface area contributed by atoms with Crippen LogP contribution in [0.15, 0.2) is 42.5 Å². The molecule has 3 rings (SSSR count). The summed E-state index contributed by atoms with van der Waals surface area (Å²) in [6.45, 7) is 2.35. The Kier molecular flexibility index (Phi) is 4.97. The molecule has 0 unspecified atom stereocenters. The van der Waals surface area contributed by atoms with Crippen molar-refractivity contribution in [2.75, 3.05) is 18.0 Å². The molecule has 0 saturated carbocycles. The Hall–Kier alpha value is -2.11. The van der Waals surface area contributed by atoms with E-state index >= 15 is 0 Å². The van der Waals surface area contributed by atoms with Crippen molar-refractivity contribution in [3.05, 3.63) is 63.9 Å². The van der Waals surface area contributed by atoms with E-state index in [0.717, 1.165) is 0 Å². The van der Waals surface area contributed by atoms with Crippen LogP contribution in [-0.2, 0) is 4.79 Å². The van der Waals surface area contributed by atoms with E-state index in [0.29, 0.717) is 29.4 Å². The highest BCUT2D eigenvalue weighted by atomic mass is 35.5. The van der Waals surface area contributed by atoms with Crippen molar-refractivity contribution < 1.29 is 14.0 Å². The molecule has 0 N–H and O–H groups in total. The Morgan fingerprint density at radius 1 is 1.12 bits per heavy atom. The van der Waals surface area contributed by atoms with E-state index in [9.17, 15) is 14.0 Å². The van der Waals surface area contributed by atoms with Crippen molar-refractivity contribution in [1.29, 1.82) is 0 Å². The molecule has 0 radical (unpaired) electrons. The van der Waals surface area contributed by atoms with Gasteiger partial charge in [-0.15, -0.1) is 0 Å². The zero-order valence-electron chi connectivity index (χ0n) is 13.4. The normalized spacial score (nSPS) is 17.8. The first-order valence-corrected chi connectivity index (χ1v) is 8.47. The average Bonchev–Trinajstić information content (AvgIpc) is 2.60. The van der Waals surface area contributed by atoms with Gasteiger partial charge in [-0.1, -0.05) is 23.2 Å². The summed E-state index contributed by atoms with van der Waals surface area (Å²) in [6.07, 6.45) is 0. The van der Waals surface area contributed by atoms with Crippen LogP contribution in [0.2, 0.25) is 10.0 Å². The molecule has 2 amide bonds. The fourth-order valence-electron chi connectivity index (χ4n) is 2.82. The summed E-state index contributed by atoms with van der Waals surface area (Å²) in [4.78, 5) is 28.4. The van der Waals surface area contributed by atoms with Gasteiger partial charge in [-0.3, -0.25) is 9.59 Å². The Morgan fingerprint density at radius 2 is 1.80 bits per heavy atom. The number of halogens is 3. The first-order valence-electron chi connectivity index (χ1n) is 7.71. The molecule has 1 saturated heterocycles. The van der Waals surface area contributed by atoms with Gasteiger partial charge >= 0.3 is 0 Å². The number of nitrogens with zero attached hydrogens (tertiary/aromatic N) is 2. The van der Waals surface area contributed by atoms with E-state index in [4.69, 9.17) is 23.2 Å². The maximum atomic E-state index is 13.3. The van der Waals surface area contributed by atoms with Gasteiger partial charge in [0.2, 0.25) is 5.91 Å². The predicted octanol–water partition coefficient (Wildman–Crippen LogP) is 4.01. The summed E-state index contributed by atoms with van der Waals surface area (Å²) in [5.74, 6) is -1.01. The van der Waals surface area contributed by atoms with Gasteiger partial charge in [-0.2, -0.15) is 0 Å². The predicted molar refractivity (Wildman–Crippen MR) is 95.7 cm³/mol. The lowest BCUT2D eigenvalue weighted by atomic mass is 10.1. The molecular weight excluding hydrogens is 366 g/mol. The number of carbonyl (C=O) groups is 2. The number of rotatable bonds is 2. The summed E-state index contributed by atoms with van der Waals surface area (Å²) in [7, 11) is 0. The number of hydrogen-bond acceptors (Lipinski definition) is 2. The SMILES string of the molecule is C[C@@H]1C(=O)N(c2ccc(F)c(Cl)c2)CCN1C(=O)c1ccc(Cl)cc1. The van der Waals surface area contributed by atoms with Crippen LogP contribution in [0.5, 0.6) is 0 Å². The van der Waals surface area contributed by atoms with Crippen molar-refractivity contribution in [1.82, 2.24) is 4.90 Å². The van der Waals surface area contributed by atoms with Gasteiger partial charge in [0.15, 0.2) is 0 Å². The highest BCUT2D eigenvalue weighted by Crippen LogP contribution is 2.26. The fraction of sp³-hybridized carbons (Fsp3) is 0.222. The van der Waals surface area contributed by atoms with E-state index in [1.54, 1.807) is 31.2 Å². The number of benzene rings is 2. The van der Waals surface area contributed by atoms with Crippen molar-refractivity contribution in [2.24, 2.45) is 0 Å². The zero-order chi connectivity index (χ0) is 18.1. The van der Waals surface area contributed by atoms with Crippen molar-refractivity contribution in [3.8, 4) is 0 Å². The average molecular weight is 381 g/mol. The van der Waals surface area contributed by atoms with Crippen LogP contribution in [0, 0.1) is 5.82 Å². The number of carbonyl (C=O) groups excluding carboxylic acids is 2. The first-order chi connectivity index (χ1) is 11.9. The molecule has 25 heavy (non-hydrogen) atoms. The van der Waals surface area contributed by atoms with Crippen molar-refractivity contribution in [2.45, 2.75) is 13.0 Å². The zero-order valence-corrected chi connectivity index (χ0v) is 14.9. The highest BCUT2D eigenvalue weighted by molar-refractivity contribution is 6.31. The van der Waals surface area contributed by atoms with Crippen LogP contribution < -0.4 is 4.90 Å². The standard InChI is InChI=1S/C18H15Cl2FN2O2/c1-11-17(24)23(14-6-7-16(21)15(20)10-14)9-8-22(11)18(25)12-2-4-13(19)5-3-12/h2-7,10-11H,8-9H2,1H3/t11-/m1/s1. The minimum Gasteiger partial charge on any atom is -0.325 e. The quantitative estimate of drug-likeness (QED) is 0.789. The maximum absolute atomic E-state index is 13.3. The Balaban J connectivity index is 1.80. The molecule has 7 heteroatoms. The summed E-state index contributed by atoms with van der Waals surface area (Å²) in [5.41, 5.74) is 0.990. The summed E-state index contributed by atoms with van der Waals surface area (Å²) in [6, 6.07) is 10.0.